The van der Waals surface area contributed by atoms with Gasteiger partial charge in [-0.25, -0.2) is 0 Å². The van der Waals surface area contributed by atoms with Gasteiger partial charge in [0.05, 0.1) is 39.6 Å². The second kappa shape index (κ2) is 14.3. The normalized spacial score (nSPS) is 12.9. The summed E-state index contributed by atoms with van der Waals surface area (Å²) in [5.41, 5.74) is 16.4. The first-order chi connectivity index (χ1) is 34.1. The molecule has 69 heavy (non-hydrogen) atoms. The van der Waals surface area contributed by atoms with Gasteiger partial charge in [-0.05, 0) is 138 Å². The van der Waals surface area contributed by atoms with E-state index >= 15 is 0 Å². The van der Waals surface area contributed by atoms with Gasteiger partial charge in [-0.1, -0.05) is 103 Å². The Morgan fingerprint density at radius 3 is 1.68 bits per heavy atom. The molecule has 0 amide bonds. The van der Waals surface area contributed by atoms with Crippen molar-refractivity contribution in [1.82, 2.24) is 4.40 Å². The van der Waals surface area contributed by atoms with Crippen LogP contribution in [0.25, 0.3) is 98.8 Å². The number of para-hydroxylation sites is 6. The average Bonchev–Trinajstić information content (AvgIpc) is 4.15. The summed E-state index contributed by atoms with van der Waals surface area (Å²) in [4.78, 5) is 4.69. The van der Waals surface area contributed by atoms with Crippen molar-refractivity contribution in [3.8, 4) is 6.07 Å². The number of hydrogen-bond donors (Lipinski definition) is 0. The lowest BCUT2D eigenvalue weighted by Gasteiger charge is -2.30. The highest BCUT2D eigenvalue weighted by atomic mass is 16.3. The highest BCUT2D eigenvalue weighted by Gasteiger charge is 2.26. The van der Waals surface area contributed by atoms with Crippen LogP contribution in [-0.2, 0) is 6.42 Å². The molecule has 0 saturated heterocycles. The molecule has 322 valence electrons. The number of benzene rings is 10. The number of nitriles is 1. The van der Waals surface area contributed by atoms with Crippen molar-refractivity contribution in [3.63, 3.8) is 0 Å². The van der Waals surface area contributed by atoms with E-state index in [1.807, 2.05) is 24.3 Å². The van der Waals surface area contributed by atoms with Crippen LogP contribution in [0.2, 0.25) is 0 Å². The van der Waals surface area contributed by atoms with E-state index in [0.29, 0.717) is 5.56 Å². The van der Waals surface area contributed by atoms with Crippen LogP contribution in [0.15, 0.2) is 215 Å². The molecule has 0 spiro atoms. The van der Waals surface area contributed by atoms with Gasteiger partial charge in [0.2, 0.25) is 0 Å². The van der Waals surface area contributed by atoms with E-state index in [-0.39, 0.29) is 0 Å². The lowest BCUT2D eigenvalue weighted by Crippen LogP contribution is -2.19. The largest absolute Gasteiger partial charge is 0.454 e. The molecule has 0 unspecified atom stereocenters. The summed E-state index contributed by atoms with van der Waals surface area (Å²) >= 11 is 0. The van der Waals surface area contributed by atoms with E-state index in [9.17, 15) is 5.26 Å². The van der Waals surface area contributed by atoms with Gasteiger partial charge in [0.25, 0.3) is 0 Å². The van der Waals surface area contributed by atoms with Crippen LogP contribution < -0.4 is 9.80 Å². The molecule has 0 radical (unpaired) electrons. The van der Waals surface area contributed by atoms with Crippen LogP contribution in [-0.4, -0.2) is 4.40 Å². The number of furan rings is 2. The van der Waals surface area contributed by atoms with Gasteiger partial charge in [0.1, 0.15) is 11.2 Å². The van der Waals surface area contributed by atoms with Crippen molar-refractivity contribution in [1.29, 1.82) is 5.26 Å². The van der Waals surface area contributed by atoms with Crippen LogP contribution in [0.3, 0.4) is 0 Å². The Labute approximate surface area is 395 Å². The summed E-state index contributed by atoms with van der Waals surface area (Å²) in [6, 6.07) is 73.4. The average molecular weight is 883 g/mol. The van der Waals surface area contributed by atoms with Gasteiger partial charge in [-0.15, -0.1) is 0 Å². The van der Waals surface area contributed by atoms with Crippen LogP contribution >= 0.6 is 0 Å². The molecule has 1 aliphatic carbocycles. The molecule has 0 aliphatic heterocycles. The van der Waals surface area contributed by atoms with Crippen molar-refractivity contribution in [2.24, 2.45) is 0 Å². The Hall–Kier alpha value is -9.31. The fourth-order valence-electron chi connectivity index (χ4n) is 11.5. The van der Waals surface area contributed by atoms with Crippen LogP contribution in [0.1, 0.15) is 23.1 Å². The van der Waals surface area contributed by atoms with E-state index in [4.69, 9.17) is 8.83 Å². The third-order valence-electron chi connectivity index (χ3n) is 14.5. The predicted molar refractivity (Wildman–Crippen MR) is 284 cm³/mol. The smallest absolute Gasteiger partial charge is 0.159 e. The molecule has 14 aromatic rings. The van der Waals surface area contributed by atoms with Gasteiger partial charge >= 0.3 is 0 Å². The number of allylic oxidation sites excluding steroid dienone is 1. The molecule has 6 nitrogen and oxygen atoms in total. The number of fused-ring (bicyclic) bond motifs is 14. The summed E-state index contributed by atoms with van der Waals surface area (Å²) in [6.45, 7) is 0. The van der Waals surface area contributed by atoms with Gasteiger partial charge in [-0.3, -0.25) is 0 Å². The van der Waals surface area contributed by atoms with Crippen LogP contribution in [0.4, 0.5) is 28.4 Å². The topological polar surface area (TPSA) is 61.0 Å². The second-order valence-corrected chi connectivity index (χ2v) is 18.3. The molecule has 1 aliphatic rings. The molecular weight excluding hydrogens is 845 g/mol. The monoisotopic (exact) mass is 882 g/mol. The molecule has 6 heteroatoms. The third kappa shape index (κ3) is 5.53. The molecule has 0 fully saturated rings. The van der Waals surface area contributed by atoms with Gasteiger partial charge < -0.3 is 23.0 Å². The van der Waals surface area contributed by atoms with Crippen LogP contribution in [0, 0.1) is 11.3 Å². The standard InChI is InChI=1S/C63H38N4O2/c64-37-38-29-53-51-33-39-25-27-45(65(43-13-3-1-4-14-43)55-21-11-19-49-47-17-7-9-23-59(47)68-62(49)55)31-41(39)35-57(51)67-58-36-42-32-46(28-26-40(42)34-52(58)54(30-38)61(53)67)66(44-15-5-2-6-16-44)56-22-12-20-50-48-18-8-10-24-60(48)69-63(50)56/h1-25,27,29-36H,26,28H2. The van der Waals surface area contributed by atoms with Crippen molar-refractivity contribution < 1.29 is 8.83 Å². The minimum Gasteiger partial charge on any atom is -0.454 e. The number of aromatic nitrogens is 1. The Morgan fingerprint density at radius 1 is 0.435 bits per heavy atom. The molecule has 0 bridgehead atoms. The summed E-state index contributed by atoms with van der Waals surface area (Å²) < 4.78 is 15.7. The summed E-state index contributed by atoms with van der Waals surface area (Å²) in [5.74, 6) is 0. The number of anilines is 5. The molecule has 4 aromatic heterocycles. The number of hydrogen-bond acceptors (Lipinski definition) is 5. The molecule has 0 N–H and O–H groups in total. The van der Waals surface area contributed by atoms with Crippen LogP contribution in [0.5, 0.6) is 0 Å². The Morgan fingerprint density at radius 2 is 1.01 bits per heavy atom. The SMILES string of the molecule is N#Cc1cc2c3cc4c(cc3n3c5cc6cc(N(c7ccccc7)c7cccc8c7oc7ccccc78)ccc6cc5c(c1)c23)C=C(N(c1ccccc1)c1cccc2c1oc1ccccc12)CC4. The fraction of sp³-hybridized carbons (Fsp3) is 0.0317. The number of nitrogens with zero attached hydrogens (tertiary/aromatic N) is 4. The molecule has 0 atom stereocenters. The highest BCUT2D eigenvalue weighted by molar-refractivity contribution is 6.25. The van der Waals surface area contributed by atoms with Crippen molar-refractivity contribution in [2.75, 3.05) is 9.80 Å². The Bertz CT molecular complexity index is 4510. The maximum Gasteiger partial charge on any atom is 0.159 e. The predicted octanol–water partition coefficient (Wildman–Crippen LogP) is 17.3. The zero-order valence-electron chi connectivity index (χ0n) is 37.1. The van der Waals surface area contributed by atoms with Gasteiger partial charge in [-0.2, -0.15) is 5.26 Å². The highest BCUT2D eigenvalue weighted by Crippen LogP contribution is 2.47. The lowest BCUT2D eigenvalue weighted by molar-refractivity contribution is 0.668. The van der Waals surface area contributed by atoms with Gasteiger partial charge in [0.15, 0.2) is 11.2 Å². The van der Waals surface area contributed by atoms with Crippen molar-refractivity contribution >= 4 is 127 Å². The lowest BCUT2D eigenvalue weighted by atomic mass is 9.92. The molecule has 4 heterocycles. The summed E-state index contributed by atoms with van der Waals surface area (Å²) in [7, 11) is 0. The maximum atomic E-state index is 10.4. The molecule has 15 rings (SSSR count). The minimum absolute atomic E-state index is 0.663. The number of rotatable bonds is 6. The Balaban J connectivity index is 0.936. The van der Waals surface area contributed by atoms with E-state index in [2.05, 4.69) is 202 Å². The first-order valence-corrected chi connectivity index (χ1v) is 23.5. The van der Waals surface area contributed by atoms with E-state index in [0.717, 1.165) is 129 Å². The quantitative estimate of drug-likeness (QED) is 0.166. The van der Waals surface area contributed by atoms with Crippen molar-refractivity contribution in [2.45, 2.75) is 12.8 Å². The second-order valence-electron chi connectivity index (χ2n) is 18.3. The third-order valence-corrected chi connectivity index (χ3v) is 14.5. The zero-order valence-corrected chi connectivity index (χ0v) is 37.1. The van der Waals surface area contributed by atoms with E-state index in [1.165, 1.54) is 22.2 Å². The zero-order chi connectivity index (χ0) is 45.3. The summed E-state index contributed by atoms with van der Waals surface area (Å²) in [6.07, 6.45) is 4.10. The molecule has 10 aromatic carbocycles. The van der Waals surface area contributed by atoms with E-state index < -0.39 is 0 Å². The Kier molecular flexibility index (Phi) is 7.87. The fourth-order valence-corrected chi connectivity index (χ4v) is 11.5. The van der Waals surface area contributed by atoms with Crippen molar-refractivity contribution in [3.05, 3.63) is 223 Å². The maximum absolute atomic E-state index is 10.4. The first kappa shape index (κ1) is 37.9. The first-order valence-electron chi connectivity index (χ1n) is 23.5. The number of aryl methyl sites for hydroxylation is 1. The minimum atomic E-state index is 0.663. The summed E-state index contributed by atoms with van der Waals surface area (Å²) in [5, 5.41) is 21.6. The van der Waals surface area contributed by atoms with E-state index in [1.54, 1.807) is 0 Å². The van der Waals surface area contributed by atoms with Gasteiger partial charge in [0, 0.05) is 65.8 Å². The molecule has 0 saturated carbocycles. The molecular formula is C63H38N4O2.